The summed E-state index contributed by atoms with van der Waals surface area (Å²) in [6.45, 7) is 1.93. The Kier molecular flexibility index (Phi) is 5.07. The fourth-order valence-electron chi connectivity index (χ4n) is 4.83. The number of para-hydroxylation sites is 1. The van der Waals surface area contributed by atoms with Crippen LogP contribution in [-0.4, -0.2) is 34.5 Å². The van der Waals surface area contributed by atoms with Gasteiger partial charge in [0.25, 0.3) is 11.8 Å². The fourth-order valence-corrected chi connectivity index (χ4v) is 4.83. The number of fused-ring (bicyclic) bond motifs is 2. The van der Waals surface area contributed by atoms with Crippen LogP contribution in [0.2, 0.25) is 0 Å². The first-order valence-electron chi connectivity index (χ1n) is 10.4. The number of furan rings is 1. The van der Waals surface area contributed by atoms with Gasteiger partial charge in [-0.1, -0.05) is 18.2 Å². The normalized spacial score (nSPS) is 17.2. The van der Waals surface area contributed by atoms with Gasteiger partial charge >= 0.3 is 0 Å². The van der Waals surface area contributed by atoms with Gasteiger partial charge in [-0.3, -0.25) is 19.9 Å². The van der Waals surface area contributed by atoms with Gasteiger partial charge in [0, 0.05) is 52.0 Å². The second kappa shape index (κ2) is 7.93. The zero-order valence-corrected chi connectivity index (χ0v) is 17.9. The van der Waals surface area contributed by atoms with Crippen molar-refractivity contribution in [2.45, 2.75) is 18.9 Å². The minimum Gasteiger partial charge on any atom is -0.464 e. The number of pyridine rings is 1. The van der Waals surface area contributed by atoms with Gasteiger partial charge in [-0.05, 0) is 38.1 Å². The lowest BCUT2D eigenvalue weighted by Crippen LogP contribution is -2.29. The Morgan fingerprint density at radius 2 is 1.72 bits per heavy atom. The van der Waals surface area contributed by atoms with Crippen molar-refractivity contribution in [1.82, 2.24) is 20.2 Å². The molecule has 2 N–H and O–H groups in total. The molecule has 0 radical (unpaired) electrons. The minimum atomic E-state index is -0.426. The third-order valence-electron chi connectivity index (χ3n) is 6.27. The number of nitrogens with zero attached hydrogens (tertiary/aromatic N) is 2. The second-order valence-electron chi connectivity index (χ2n) is 8.01. The van der Waals surface area contributed by atoms with E-state index in [1.54, 1.807) is 24.7 Å². The van der Waals surface area contributed by atoms with E-state index in [0.29, 0.717) is 28.3 Å². The zero-order valence-electron chi connectivity index (χ0n) is 17.1. The molecule has 1 aromatic carbocycles. The van der Waals surface area contributed by atoms with Crippen molar-refractivity contribution in [3.63, 3.8) is 0 Å². The van der Waals surface area contributed by atoms with Crippen molar-refractivity contribution in [3.05, 3.63) is 66.3 Å². The van der Waals surface area contributed by atoms with Gasteiger partial charge in [-0.25, -0.2) is 0 Å². The number of benzene rings is 1. The SMILES string of the molecule is Cl.O=C1NC(=O)C(c2cncc3ccoc23)=C1c1cn(C2CCNCC2)c2ccccc12. The van der Waals surface area contributed by atoms with Crippen LogP contribution >= 0.6 is 12.4 Å². The zero-order chi connectivity index (χ0) is 20.9. The lowest BCUT2D eigenvalue weighted by molar-refractivity contribution is -0.122. The summed E-state index contributed by atoms with van der Waals surface area (Å²) in [5.41, 5.74) is 3.59. The van der Waals surface area contributed by atoms with E-state index in [2.05, 4.69) is 26.3 Å². The van der Waals surface area contributed by atoms with Crippen LogP contribution in [-0.2, 0) is 9.59 Å². The van der Waals surface area contributed by atoms with Crippen LogP contribution in [0.15, 0.2) is 59.6 Å². The van der Waals surface area contributed by atoms with Gasteiger partial charge in [-0.2, -0.15) is 0 Å². The maximum absolute atomic E-state index is 13.0. The number of rotatable bonds is 3. The number of hydrogen-bond acceptors (Lipinski definition) is 5. The van der Waals surface area contributed by atoms with E-state index in [-0.39, 0.29) is 12.4 Å². The molecule has 2 amide bonds. The first-order valence-corrected chi connectivity index (χ1v) is 10.4. The number of aromatic nitrogens is 2. The Morgan fingerprint density at radius 3 is 2.53 bits per heavy atom. The number of nitrogens with one attached hydrogen (secondary N) is 2. The molecule has 4 aromatic rings. The van der Waals surface area contributed by atoms with Crippen molar-refractivity contribution in [3.8, 4) is 0 Å². The van der Waals surface area contributed by atoms with Crippen LogP contribution < -0.4 is 10.6 Å². The summed E-state index contributed by atoms with van der Waals surface area (Å²) in [6.07, 6.45) is 8.90. The highest BCUT2D eigenvalue weighted by Crippen LogP contribution is 2.39. The number of hydrogen-bond donors (Lipinski definition) is 2. The molecule has 0 bridgehead atoms. The average molecular weight is 449 g/mol. The highest BCUT2D eigenvalue weighted by molar-refractivity contribution is 6.50. The van der Waals surface area contributed by atoms with Crippen LogP contribution in [0.5, 0.6) is 0 Å². The number of imide groups is 1. The van der Waals surface area contributed by atoms with Gasteiger partial charge in [0.2, 0.25) is 0 Å². The van der Waals surface area contributed by atoms with Crippen molar-refractivity contribution >= 4 is 57.2 Å². The summed E-state index contributed by atoms with van der Waals surface area (Å²) in [5, 5.41) is 7.63. The Labute approximate surface area is 189 Å². The number of halogens is 1. The molecule has 5 heterocycles. The van der Waals surface area contributed by atoms with Crippen LogP contribution in [0.4, 0.5) is 0 Å². The standard InChI is InChI=1S/C24H20N4O3.ClH/c29-23-20(17-12-26-11-14-7-10-31-22(14)17)21(24(30)27-23)18-13-28(15-5-8-25-9-6-15)19-4-2-1-3-16(18)19;/h1-4,7,10-13,15,25H,5-6,8-9H2,(H,27,29,30);1H. The molecule has 162 valence electrons. The summed E-state index contributed by atoms with van der Waals surface area (Å²) in [6, 6.07) is 10.2. The third kappa shape index (κ3) is 3.04. The average Bonchev–Trinajstić information content (AvgIpc) is 3.49. The van der Waals surface area contributed by atoms with Gasteiger partial charge in [0.1, 0.15) is 5.58 Å². The van der Waals surface area contributed by atoms with E-state index in [1.807, 2.05) is 24.4 Å². The van der Waals surface area contributed by atoms with Crippen LogP contribution in [0.1, 0.15) is 30.0 Å². The highest BCUT2D eigenvalue weighted by Gasteiger charge is 2.35. The van der Waals surface area contributed by atoms with Crippen LogP contribution in [0.25, 0.3) is 33.0 Å². The maximum atomic E-state index is 13.0. The molecular formula is C24H21ClN4O3. The van der Waals surface area contributed by atoms with E-state index in [4.69, 9.17) is 4.42 Å². The monoisotopic (exact) mass is 448 g/mol. The molecule has 32 heavy (non-hydrogen) atoms. The van der Waals surface area contributed by atoms with Crippen molar-refractivity contribution in [2.75, 3.05) is 13.1 Å². The topological polar surface area (TPSA) is 89.2 Å². The number of carbonyl (C=O) groups excluding carboxylic acids is 2. The molecular weight excluding hydrogens is 428 g/mol. The number of carbonyl (C=O) groups is 2. The van der Waals surface area contributed by atoms with E-state index in [1.165, 1.54) is 0 Å². The number of piperidine rings is 1. The van der Waals surface area contributed by atoms with Crippen molar-refractivity contribution in [1.29, 1.82) is 0 Å². The Hall–Kier alpha value is -3.42. The first-order chi connectivity index (χ1) is 15.2. The summed E-state index contributed by atoms with van der Waals surface area (Å²) in [7, 11) is 0. The van der Waals surface area contributed by atoms with Crippen LogP contribution in [0.3, 0.4) is 0 Å². The Bertz CT molecular complexity index is 1390. The molecule has 0 spiro atoms. The summed E-state index contributed by atoms with van der Waals surface area (Å²) in [5.74, 6) is -0.818. The van der Waals surface area contributed by atoms with Crippen molar-refractivity contribution < 1.29 is 14.0 Å². The van der Waals surface area contributed by atoms with Gasteiger partial charge < -0.3 is 14.3 Å². The van der Waals surface area contributed by atoms with E-state index in [9.17, 15) is 9.59 Å². The molecule has 0 saturated carbocycles. The molecule has 7 nitrogen and oxygen atoms in total. The fraction of sp³-hybridized carbons (Fsp3) is 0.208. The Morgan fingerprint density at radius 1 is 0.969 bits per heavy atom. The lowest BCUT2D eigenvalue weighted by atomic mass is 9.96. The first kappa shape index (κ1) is 20.5. The second-order valence-corrected chi connectivity index (χ2v) is 8.01. The molecule has 0 unspecified atom stereocenters. The lowest BCUT2D eigenvalue weighted by Gasteiger charge is -2.25. The maximum Gasteiger partial charge on any atom is 0.259 e. The van der Waals surface area contributed by atoms with E-state index in [0.717, 1.165) is 47.8 Å². The largest absolute Gasteiger partial charge is 0.464 e. The van der Waals surface area contributed by atoms with E-state index >= 15 is 0 Å². The van der Waals surface area contributed by atoms with Crippen molar-refractivity contribution in [2.24, 2.45) is 0 Å². The molecule has 2 aliphatic rings. The van der Waals surface area contributed by atoms with Gasteiger partial charge in [0.15, 0.2) is 0 Å². The quantitative estimate of drug-likeness (QED) is 0.466. The highest BCUT2D eigenvalue weighted by atomic mass is 35.5. The van der Waals surface area contributed by atoms with E-state index < -0.39 is 11.8 Å². The van der Waals surface area contributed by atoms with Gasteiger partial charge in [0.05, 0.1) is 17.4 Å². The Balaban J connectivity index is 0.00000216. The minimum absolute atomic E-state index is 0. The summed E-state index contributed by atoms with van der Waals surface area (Å²) < 4.78 is 7.90. The summed E-state index contributed by atoms with van der Waals surface area (Å²) in [4.78, 5) is 30.2. The molecule has 2 aliphatic heterocycles. The predicted octanol–water partition coefficient (Wildman–Crippen LogP) is 3.70. The molecule has 0 aliphatic carbocycles. The van der Waals surface area contributed by atoms with Gasteiger partial charge in [-0.15, -0.1) is 12.4 Å². The predicted molar refractivity (Wildman–Crippen MR) is 124 cm³/mol. The molecule has 0 atom stereocenters. The summed E-state index contributed by atoms with van der Waals surface area (Å²) >= 11 is 0. The smallest absolute Gasteiger partial charge is 0.259 e. The molecule has 1 saturated heterocycles. The van der Waals surface area contributed by atoms with Crippen LogP contribution in [0, 0.1) is 0 Å². The molecule has 1 fully saturated rings. The number of amides is 2. The molecule has 6 rings (SSSR count). The molecule has 8 heteroatoms. The third-order valence-corrected chi connectivity index (χ3v) is 6.27. The molecule has 3 aromatic heterocycles.